The molecule has 0 aliphatic heterocycles. The number of carbonyl (C=O) groups is 1. The number of benzene rings is 3. The number of alkyl halides is 5. The van der Waals surface area contributed by atoms with Crippen LogP contribution in [0.2, 0.25) is 5.02 Å². The third kappa shape index (κ3) is 6.82. The molecule has 12 heteroatoms. The summed E-state index contributed by atoms with van der Waals surface area (Å²) in [6.45, 7) is 4.10. The molecule has 1 amide bonds. The Bertz CT molecular complexity index is 1540. The molecule has 0 saturated carbocycles. The molecular weight excluding hydrogens is 572 g/mol. The lowest BCUT2D eigenvalue weighted by Crippen LogP contribution is -2.42. The highest BCUT2D eigenvalue weighted by Crippen LogP contribution is 2.46. The van der Waals surface area contributed by atoms with Gasteiger partial charge in [0.05, 0.1) is 22.4 Å². The van der Waals surface area contributed by atoms with Crippen LogP contribution in [0, 0.1) is 24.1 Å². The Labute approximate surface area is 237 Å². The molecule has 0 bridgehead atoms. The third-order valence-corrected chi connectivity index (χ3v) is 6.59. The van der Waals surface area contributed by atoms with Gasteiger partial charge in [0.15, 0.2) is 0 Å². The molecule has 3 aromatic rings. The van der Waals surface area contributed by atoms with E-state index in [0.717, 1.165) is 0 Å². The minimum Gasteiger partial charge on any atom is -0.374 e. The average Bonchev–Trinajstić information content (AvgIpc) is 2.89. The maximum atomic E-state index is 14.8. The van der Waals surface area contributed by atoms with Crippen LogP contribution in [0.5, 0.6) is 0 Å². The molecule has 0 unspecified atom stereocenters. The predicted molar refractivity (Wildman–Crippen MR) is 143 cm³/mol. The fourth-order valence-electron chi connectivity index (χ4n) is 3.87. The molecule has 41 heavy (non-hydrogen) atoms. The van der Waals surface area contributed by atoms with Crippen molar-refractivity contribution >= 4 is 28.9 Å². The molecule has 0 saturated heterocycles. The smallest absolute Gasteiger partial charge is 0.374 e. The summed E-state index contributed by atoms with van der Waals surface area (Å²) in [5.41, 5.74) is -3.89. The van der Waals surface area contributed by atoms with Gasteiger partial charge in [-0.2, -0.15) is 18.4 Å². The summed E-state index contributed by atoms with van der Waals surface area (Å²) < 4.78 is 85.5. The van der Waals surface area contributed by atoms with Gasteiger partial charge in [0.1, 0.15) is 5.82 Å². The lowest BCUT2D eigenvalue weighted by atomic mass is 9.92. The van der Waals surface area contributed by atoms with E-state index in [1.54, 1.807) is 32.0 Å². The van der Waals surface area contributed by atoms with Crippen molar-refractivity contribution in [1.82, 2.24) is 0 Å². The van der Waals surface area contributed by atoms with Crippen molar-refractivity contribution in [3.63, 3.8) is 0 Å². The summed E-state index contributed by atoms with van der Waals surface area (Å²) in [4.78, 5) is 17.7. The van der Waals surface area contributed by atoms with Gasteiger partial charge in [-0.1, -0.05) is 35.8 Å². The zero-order valence-corrected chi connectivity index (χ0v) is 23.0. The predicted octanol–water partition coefficient (Wildman–Crippen LogP) is 8.63. The molecule has 216 valence electrons. The van der Waals surface area contributed by atoms with Gasteiger partial charge in [-0.25, -0.2) is 13.2 Å². The first kappa shape index (κ1) is 31.5. The van der Waals surface area contributed by atoms with Crippen LogP contribution in [0.3, 0.4) is 0 Å². The minimum absolute atomic E-state index is 0.0146. The van der Waals surface area contributed by atoms with E-state index in [1.807, 2.05) is 6.07 Å². The molecule has 1 N–H and O–H groups in total. The van der Waals surface area contributed by atoms with Gasteiger partial charge in [0.2, 0.25) is 0 Å². The highest BCUT2D eigenvalue weighted by atomic mass is 35.5. The summed E-state index contributed by atoms with van der Waals surface area (Å²) in [6, 6.07) is 13.5. The lowest BCUT2D eigenvalue weighted by molar-refractivity contribution is -0.279. The topological polar surface area (TPSA) is 74.5 Å². The van der Waals surface area contributed by atoms with Crippen molar-refractivity contribution in [2.45, 2.75) is 51.8 Å². The second kappa shape index (κ2) is 11.8. The van der Waals surface area contributed by atoms with Crippen molar-refractivity contribution in [3.8, 4) is 6.07 Å². The Balaban J connectivity index is 1.97. The Hall–Kier alpha value is -4.04. The van der Waals surface area contributed by atoms with Crippen molar-refractivity contribution in [2.24, 2.45) is 5.16 Å². The van der Waals surface area contributed by atoms with Crippen molar-refractivity contribution in [3.05, 3.63) is 98.8 Å². The maximum Gasteiger partial charge on any atom is 0.435 e. The highest BCUT2D eigenvalue weighted by Gasteiger charge is 2.58. The van der Waals surface area contributed by atoms with Crippen LogP contribution < -0.4 is 5.32 Å². The zero-order chi connectivity index (χ0) is 30.8. The quantitative estimate of drug-likeness (QED) is 0.161. The molecule has 0 heterocycles. The highest BCUT2D eigenvalue weighted by molar-refractivity contribution is 6.30. The molecule has 1 atom stereocenters. The number of nitrogens with one attached hydrogen (secondary N) is 1. The van der Waals surface area contributed by atoms with Gasteiger partial charge >= 0.3 is 6.18 Å². The molecule has 0 radical (unpaired) electrons. The largest absolute Gasteiger partial charge is 0.435 e. The zero-order valence-electron chi connectivity index (χ0n) is 22.3. The van der Waals surface area contributed by atoms with Crippen LogP contribution in [0.1, 0.15) is 65.4 Å². The van der Waals surface area contributed by atoms with E-state index in [9.17, 15) is 31.1 Å². The van der Waals surface area contributed by atoms with Gasteiger partial charge in [-0.15, -0.1) is 0 Å². The number of halogens is 7. The van der Waals surface area contributed by atoms with Crippen LogP contribution in [0.25, 0.3) is 0 Å². The first-order chi connectivity index (χ1) is 19.0. The molecule has 0 spiro atoms. The number of amides is 1. The van der Waals surface area contributed by atoms with Crippen LogP contribution in [0.15, 0.2) is 59.8 Å². The van der Waals surface area contributed by atoms with Gasteiger partial charge in [-0.3, -0.25) is 4.79 Å². The monoisotopic (exact) mass is 595 g/mol. The Morgan fingerprint density at radius 3 is 2.32 bits per heavy atom. The second-order valence-electron chi connectivity index (χ2n) is 9.40. The fraction of sp³-hybridized carbons (Fsp3) is 0.276. The summed E-state index contributed by atoms with van der Waals surface area (Å²) in [5.74, 6) is -5.67. The first-order valence-electron chi connectivity index (χ1n) is 12.1. The Morgan fingerprint density at radius 1 is 1.07 bits per heavy atom. The van der Waals surface area contributed by atoms with Gasteiger partial charge in [-0.05, 0) is 73.9 Å². The second-order valence-corrected chi connectivity index (χ2v) is 9.81. The number of hydrogen-bond donors (Lipinski definition) is 1. The number of carbonyl (C=O) groups excluding carboxylic acids is 1. The normalized spacial score (nSPS) is 13.8. The van der Waals surface area contributed by atoms with Crippen LogP contribution in [-0.2, 0) is 16.4 Å². The van der Waals surface area contributed by atoms with Crippen LogP contribution in [0.4, 0.5) is 32.0 Å². The molecule has 0 aliphatic carbocycles. The molecule has 0 fully saturated rings. The van der Waals surface area contributed by atoms with Crippen LogP contribution in [-0.4, -0.2) is 17.8 Å². The van der Waals surface area contributed by atoms with Gasteiger partial charge in [0, 0.05) is 29.3 Å². The van der Waals surface area contributed by atoms with Crippen molar-refractivity contribution < 1.29 is 36.0 Å². The number of anilines is 1. The van der Waals surface area contributed by atoms with E-state index < -0.39 is 45.6 Å². The summed E-state index contributed by atoms with van der Waals surface area (Å²) in [6.07, 6.45) is -5.22. The Morgan fingerprint density at radius 2 is 1.76 bits per heavy atom. The fourth-order valence-corrected chi connectivity index (χ4v) is 4.09. The molecule has 3 rings (SSSR count). The van der Waals surface area contributed by atoms with E-state index >= 15 is 0 Å². The SMILES string of the molecule is CC/C(=N\O[C@@](C)(c1cc(C(C)(F)F)cc(Cl)c1F)C(F)(F)F)c1ccc(C(=O)Nc2cccc(C#N)c2)c(C)c1. The number of oxime groups is 1. The van der Waals surface area contributed by atoms with E-state index in [2.05, 4.69) is 10.5 Å². The molecule has 3 aromatic carbocycles. The van der Waals surface area contributed by atoms with Crippen LogP contribution >= 0.6 is 11.6 Å². The van der Waals surface area contributed by atoms with E-state index in [0.29, 0.717) is 48.4 Å². The number of rotatable bonds is 8. The van der Waals surface area contributed by atoms with Gasteiger partial charge < -0.3 is 10.2 Å². The molecule has 0 aliphatic rings. The summed E-state index contributed by atoms with van der Waals surface area (Å²) in [7, 11) is 0. The molecule has 5 nitrogen and oxygen atoms in total. The van der Waals surface area contributed by atoms with E-state index in [1.165, 1.54) is 24.3 Å². The van der Waals surface area contributed by atoms with E-state index in [4.69, 9.17) is 21.7 Å². The number of hydrogen-bond acceptors (Lipinski definition) is 4. The maximum absolute atomic E-state index is 14.8. The summed E-state index contributed by atoms with van der Waals surface area (Å²) >= 11 is 5.68. The first-order valence-corrected chi connectivity index (χ1v) is 12.5. The van der Waals surface area contributed by atoms with Gasteiger partial charge in [0.25, 0.3) is 17.4 Å². The van der Waals surface area contributed by atoms with E-state index in [-0.39, 0.29) is 17.7 Å². The van der Waals surface area contributed by atoms with Crippen molar-refractivity contribution in [2.75, 3.05) is 5.32 Å². The standard InChI is InChI=1S/C29H24ClF6N3O2/c1-5-24(18-9-10-21(16(2)11-18)26(40)38-20-8-6-7-17(12-20)15-37)39-41-27(3,29(34,35)36)22-13-19(28(4,32)33)14-23(30)25(22)31/h6-14H,5H2,1-4H3,(H,38,40)/b39-24+/t27-/m0/s1. The molecule has 0 aromatic heterocycles. The van der Waals surface area contributed by atoms with Crippen molar-refractivity contribution in [1.29, 1.82) is 5.26 Å². The Kier molecular flexibility index (Phi) is 9.08. The third-order valence-electron chi connectivity index (χ3n) is 6.32. The molecular formula is C29H24ClF6N3O2. The summed E-state index contributed by atoms with van der Waals surface area (Å²) in [5, 5.41) is 14.4. The number of aryl methyl sites for hydroxylation is 1. The number of nitriles is 1. The number of nitrogens with zero attached hydrogens (tertiary/aromatic N) is 2. The lowest BCUT2D eigenvalue weighted by Gasteiger charge is -2.31. The average molecular weight is 596 g/mol. The minimum atomic E-state index is -5.29.